The number of hydrogen-bond donors (Lipinski definition) is 3. The van der Waals surface area contributed by atoms with E-state index in [1.807, 2.05) is 32.0 Å². The molecule has 3 rings (SSSR count). The first-order valence-corrected chi connectivity index (χ1v) is 12.8. The maximum absolute atomic E-state index is 11.1. The molecule has 2 atom stereocenters. The highest BCUT2D eigenvalue weighted by atomic mass is 16.5. The summed E-state index contributed by atoms with van der Waals surface area (Å²) in [5, 5.41) is 23.3. The van der Waals surface area contributed by atoms with E-state index in [2.05, 4.69) is 43.4 Å². The number of fused-ring (bicyclic) bond motifs is 1. The minimum atomic E-state index is -0.846. The van der Waals surface area contributed by atoms with Gasteiger partial charge in [0.1, 0.15) is 5.75 Å². The first-order valence-electron chi connectivity index (χ1n) is 12.8. The van der Waals surface area contributed by atoms with E-state index in [1.165, 1.54) is 11.1 Å². The molecule has 0 radical (unpaired) electrons. The van der Waals surface area contributed by atoms with Gasteiger partial charge in [-0.1, -0.05) is 36.4 Å². The highest BCUT2D eigenvalue weighted by Gasteiger charge is 2.28. The molecule has 1 aliphatic carbocycles. The number of β-amino-alcohol motifs (C(OH)–C–C–N with tert-alkyl or cyclic N) is 1. The molecule has 0 saturated heterocycles. The Balaban J connectivity index is 1.49. The second-order valence-corrected chi connectivity index (χ2v) is 10.3. The summed E-state index contributed by atoms with van der Waals surface area (Å²) in [7, 11) is 0. The van der Waals surface area contributed by atoms with Crippen LogP contribution in [0.5, 0.6) is 5.75 Å². The molecule has 6 nitrogen and oxygen atoms in total. The van der Waals surface area contributed by atoms with E-state index >= 15 is 0 Å². The zero-order valence-electron chi connectivity index (χ0n) is 21.5. The summed E-state index contributed by atoms with van der Waals surface area (Å²) in [4.78, 5) is 11.1. The first-order chi connectivity index (χ1) is 16.7. The summed E-state index contributed by atoms with van der Waals surface area (Å²) in [6.45, 7) is 9.37. The van der Waals surface area contributed by atoms with E-state index in [4.69, 9.17) is 14.6 Å². The molecule has 0 amide bonds. The lowest BCUT2D eigenvalue weighted by atomic mass is 9.88. The van der Waals surface area contributed by atoms with Crippen LogP contribution in [0, 0.1) is 5.92 Å². The minimum absolute atomic E-state index is 0.0253. The normalized spacial score (nSPS) is 15.6. The summed E-state index contributed by atoms with van der Waals surface area (Å²) in [5.74, 6) is 0.464. The highest BCUT2D eigenvalue weighted by Crippen LogP contribution is 2.32. The standard InChI is InChI=1S/C29H41NO5/c1-5-34-27-12-8-11-25(26(27)13-14-28(32)33)20(2)35-19-24(31)18-30-29(3,4)17-21-15-22-9-6-7-10-23(22)16-21/h6-12,20-21,24,30-31H,5,13-19H2,1-4H3,(H,32,33)/t20-,24+/m1/s1. The summed E-state index contributed by atoms with van der Waals surface area (Å²) in [6.07, 6.45) is 2.75. The molecule has 1 aliphatic rings. The summed E-state index contributed by atoms with van der Waals surface area (Å²) >= 11 is 0. The predicted octanol–water partition coefficient (Wildman–Crippen LogP) is 4.71. The average Bonchev–Trinajstić information content (AvgIpc) is 3.22. The van der Waals surface area contributed by atoms with Gasteiger partial charge in [0, 0.05) is 24.1 Å². The summed E-state index contributed by atoms with van der Waals surface area (Å²) in [5.41, 5.74) is 4.60. The molecule has 35 heavy (non-hydrogen) atoms. The summed E-state index contributed by atoms with van der Waals surface area (Å²) < 4.78 is 11.7. The van der Waals surface area contributed by atoms with E-state index < -0.39 is 12.1 Å². The number of carbonyl (C=O) groups is 1. The Hall–Kier alpha value is -2.41. The van der Waals surface area contributed by atoms with Crippen LogP contribution in [0.3, 0.4) is 0 Å². The van der Waals surface area contributed by atoms with Crippen molar-refractivity contribution in [3.63, 3.8) is 0 Å². The van der Waals surface area contributed by atoms with Crippen LogP contribution in [-0.4, -0.2) is 47.6 Å². The predicted molar refractivity (Wildman–Crippen MR) is 138 cm³/mol. The number of carboxylic acid groups (broad SMARTS) is 1. The van der Waals surface area contributed by atoms with Crippen molar-refractivity contribution >= 4 is 5.97 Å². The van der Waals surface area contributed by atoms with Gasteiger partial charge in [0.05, 0.1) is 25.4 Å². The monoisotopic (exact) mass is 483 g/mol. The smallest absolute Gasteiger partial charge is 0.303 e. The molecular formula is C29H41NO5. The lowest BCUT2D eigenvalue weighted by Gasteiger charge is -2.31. The van der Waals surface area contributed by atoms with Crippen molar-refractivity contribution in [3.8, 4) is 5.75 Å². The Labute approximate surface area is 209 Å². The topological polar surface area (TPSA) is 88.0 Å². The molecule has 0 heterocycles. The Kier molecular flexibility index (Phi) is 9.72. The number of aliphatic hydroxyl groups is 1. The number of ether oxygens (including phenoxy) is 2. The number of aliphatic hydroxyl groups excluding tert-OH is 1. The maximum Gasteiger partial charge on any atom is 0.303 e. The second-order valence-electron chi connectivity index (χ2n) is 10.3. The van der Waals surface area contributed by atoms with Crippen LogP contribution in [-0.2, 0) is 28.8 Å². The SMILES string of the molecule is CCOc1cccc([C@@H](C)OC[C@@H](O)CNC(C)(C)CC2Cc3ccccc3C2)c1CCC(=O)O. The molecule has 0 fully saturated rings. The molecule has 0 unspecified atom stereocenters. The van der Waals surface area contributed by atoms with Gasteiger partial charge in [0.15, 0.2) is 0 Å². The van der Waals surface area contributed by atoms with Crippen molar-refractivity contribution < 1.29 is 24.5 Å². The van der Waals surface area contributed by atoms with Gasteiger partial charge in [0.2, 0.25) is 0 Å². The highest BCUT2D eigenvalue weighted by molar-refractivity contribution is 5.67. The maximum atomic E-state index is 11.1. The van der Waals surface area contributed by atoms with E-state index in [1.54, 1.807) is 0 Å². The third-order valence-electron chi connectivity index (χ3n) is 6.79. The van der Waals surface area contributed by atoms with Gasteiger partial charge in [-0.15, -0.1) is 0 Å². The van der Waals surface area contributed by atoms with Crippen molar-refractivity contribution in [2.45, 2.75) is 77.5 Å². The fraction of sp³-hybridized carbons (Fsp3) is 0.552. The Morgan fingerprint density at radius 1 is 1.14 bits per heavy atom. The molecular weight excluding hydrogens is 442 g/mol. The fourth-order valence-electron chi connectivity index (χ4n) is 5.14. The third-order valence-corrected chi connectivity index (χ3v) is 6.79. The van der Waals surface area contributed by atoms with Gasteiger partial charge in [0.25, 0.3) is 0 Å². The Morgan fingerprint density at radius 3 is 2.46 bits per heavy atom. The van der Waals surface area contributed by atoms with Crippen LogP contribution >= 0.6 is 0 Å². The van der Waals surface area contributed by atoms with Gasteiger partial charge in [-0.2, -0.15) is 0 Å². The van der Waals surface area contributed by atoms with Crippen molar-refractivity contribution in [2.75, 3.05) is 19.8 Å². The molecule has 192 valence electrons. The van der Waals surface area contributed by atoms with Crippen molar-refractivity contribution in [2.24, 2.45) is 5.92 Å². The van der Waals surface area contributed by atoms with Gasteiger partial charge in [-0.05, 0) is 82.1 Å². The second kappa shape index (κ2) is 12.5. The minimum Gasteiger partial charge on any atom is -0.494 e. The van der Waals surface area contributed by atoms with Gasteiger partial charge in [-0.3, -0.25) is 4.79 Å². The van der Waals surface area contributed by atoms with E-state index in [0.29, 0.717) is 31.2 Å². The Morgan fingerprint density at radius 2 is 1.83 bits per heavy atom. The molecule has 6 heteroatoms. The lowest BCUT2D eigenvalue weighted by molar-refractivity contribution is -0.136. The van der Waals surface area contributed by atoms with Crippen LogP contribution in [0.1, 0.15) is 68.9 Å². The number of hydrogen-bond acceptors (Lipinski definition) is 5. The average molecular weight is 484 g/mol. The molecule has 3 N–H and O–H groups in total. The molecule has 0 aromatic heterocycles. The zero-order chi connectivity index (χ0) is 25.4. The molecule has 2 aromatic rings. The number of aliphatic carboxylic acids is 1. The molecule has 0 bridgehead atoms. The van der Waals surface area contributed by atoms with Crippen LogP contribution in [0.25, 0.3) is 0 Å². The quantitative estimate of drug-likeness (QED) is 0.361. The fourth-order valence-corrected chi connectivity index (χ4v) is 5.14. The molecule has 0 spiro atoms. The van der Waals surface area contributed by atoms with Crippen LogP contribution in [0.2, 0.25) is 0 Å². The van der Waals surface area contributed by atoms with E-state index in [-0.39, 0.29) is 24.7 Å². The van der Waals surface area contributed by atoms with Crippen LogP contribution in [0.4, 0.5) is 0 Å². The first kappa shape index (κ1) is 27.2. The van der Waals surface area contributed by atoms with Gasteiger partial charge < -0.3 is 25.0 Å². The van der Waals surface area contributed by atoms with E-state index in [0.717, 1.165) is 30.4 Å². The largest absolute Gasteiger partial charge is 0.494 e. The van der Waals surface area contributed by atoms with Crippen molar-refractivity contribution in [3.05, 3.63) is 64.7 Å². The number of carboxylic acids is 1. The van der Waals surface area contributed by atoms with Crippen molar-refractivity contribution in [1.29, 1.82) is 0 Å². The molecule has 0 saturated carbocycles. The zero-order valence-corrected chi connectivity index (χ0v) is 21.5. The lowest BCUT2D eigenvalue weighted by Crippen LogP contribution is -2.45. The summed E-state index contributed by atoms with van der Waals surface area (Å²) in [6, 6.07) is 14.4. The van der Waals surface area contributed by atoms with E-state index in [9.17, 15) is 9.90 Å². The van der Waals surface area contributed by atoms with Gasteiger partial charge >= 0.3 is 5.97 Å². The van der Waals surface area contributed by atoms with Crippen LogP contribution < -0.4 is 10.1 Å². The number of rotatable bonds is 14. The van der Waals surface area contributed by atoms with Gasteiger partial charge in [-0.25, -0.2) is 0 Å². The number of nitrogens with one attached hydrogen (secondary N) is 1. The van der Waals surface area contributed by atoms with Crippen molar-refractivity contribution in [1.82, 2.24) is 5.32 Å². The Bertz CT molecular complexity index is 948. The molecule has 2 aromatic carbocycles. The molecule has 0 aliphatic heterocycles. The van der Waals surface area contributed by atoms with Crippen LogP contribution in [0.15, 0.2) is 42.5 Å². The third kappa shape index (κ3) is 8.06. The number of benzene rings is 2.